The van der Waals surface area contributed by atoms with Crippen LogP contribution in [0.3, 0.4) is 0 Å². The summed E-state index contributed by atoms with van der Waals surface area (Å²) < 4.78 is 103. The highest BCUT2D eigenvalue weighted by Gasteiger charge is 2.57. The molecule has 0 aliphatic rings. The Morgan fingerprint density at radius 3 is 1.22 bits per heavy atom. The molecule has 1 nitrogen and oxygen atoms in total. The van der Waals surface area contributed by atoms with E-state index >= 15 is 0 Å². The number of rotatable bonds is 3. The van der Waals surface area contributed by atoms with Crippen LogP contribution < -0.4 is 0 Å². The molecular formula is C8H11F9O. The van der Waals surface area contributed by atoms with Gasteiger partial charge in [0, 0.05) is 0 Å². The van der Waals surface area contributed by atoms with Gasteiger partial charge < -0.3 is 4.74 Å². The van der Waals surface area contributed by atoms with E-state index in [1.54, 1.807) is 0 Å². The first-order chi connectivity index (χ1) is 7.78. The lowest BCUT2D eigenvalue weighted by Gasteiger charge is -2.14. The van der Waals surface area contributed by atoms with Gasteiger partial charge in [-0.2, -0.15) is 35.1 Å². The summed E-state index contributed by atoms with van der Waals surface area (Å²) in [7, 11) is 0. The Labute approximate surface area is 96.9 Å². The molecule has 0 saturated heterocycles. The van der Waals surface area contributed by atoms with E-state index in [0.29, 0.717) is 0 Å². The van der Waals surface area contributed by atoms with Gasteiger partial charge in [0.15, 0.2) is 0 Å². The normalized spacial score (nSPS) is 13.0. The standard InChI is InChI=1S/C5H10F2O.C3HF7/c1-4(2)3-8-5(6)7;4-1(2(5,6)7)3(8,9)10/h4-5H,3H2,1-2H3;1H. The van der Waals surface area contributed by atoms with Gasteiger partial charge in [-0.05, 0) is 5.92 Å². The molecule has 0 aliphatic carbocycles. The third kappa shape index (κ3) is 11.8. The zero-order chi connectivity index (χ0) is 15.1. The van der Waals surface area contributed by atoms with Crippen LogP contribution >= 0.6 is 0 Å². The minimum atomic E-state index is -5.85. The average molecular weight is 294 g/mol. The van der Waals surface area contributed by atoms with Gasteiger partial charge in [0.2, 0.25) is 0 Å². The van der Waals surface area contributed by atoms with Crippen LogP contribution in [0.1, 0.15) is 13.8 Å². The Morgan fingerprint density at radius 1 is 0.833 bits per heavy atom. The summed E-state index contributed by atoms with van der Waals surface area (Å²) in [6, 6.07) is 0. The van der Waals surface area contributed by atoms with E-state index in [9.17, 15) is 39.5 Å². The van der Waals surface area contributed by atoms with Crippen molar-refractivity contribution in [2.45, 2.75) is 39.0 Å². The van der Waals surface area contributed by atoms with Gasteiger partial charge in [0.05, 0.1) is 6.61 Å². The van der Waals surface area contributed by atoms with Gasteiger partial charge in [-0.1, -0.05) is 13.8 Å². The average Bonchev–Trinajstić information content (AvgIpc) is 2.11. The molecule has 0 unspecified atom stereocenters. The molecule has 0 spiro atoms. The molecule has 0 amide bonds. The SMILES string of the molecule is CC(C)COC(F)F.FC(C(F)(F)F)C(F)(F)F. The van der Waals surface area contributed by atoms with Crippen LogP contribution in [0.15, 0.2) is 0 Å². The van der Waals surface area contributed by atoms with Crippen LogP contribution in [0.4, 0.5) is 39.5 Å². The summed E-state index contributed by atoms with van der Waals surface area (Å²) in [5, 5.41) is 0. The second-order valence-electron chi connectivity index (χ2n) is 3.43. The predicted octanol–water partition coefficient (Wildman–Crippen LogP) is 4.33. The third-order valence-corrected chi connectivity index (χ3v) is 1.13. The fraction of sp³-hybridized carbons (Fsp3) is 1.00. The first-order valence-electron chi connectivity index (χ1n) is 4.45. The Kier molecular flexibility index (Phi) is 8.41. The van der Waals surface area contributed by atoms with Crippen molar-refractivity contribution < 1.29 is 44.3 Å². The topological polar surface area (TPSA) is 9.23 Å². The lowest BCUT2D eigenvalue weighted by atomic mass is 10.2. The molecule has 0 atom stereocenters. The second-order valence-corrected chi connectivity index (χ2v) is 3.43. The number of halogens is 9. The molecule has 0 radical (unpaired) electrons. The van der Waals surface area contributed by atoms with Gasteiger partial charge in [0.1, 0.15) is 0 Å². The molecule has 0 fully saturated rings. The molecule has 0 aromatic rings. The fourth-order valence-corrected chi connectivity index (χ4v) is 0.451. The van der Waals surface area contributed by atoms with Gasteiger partial charge >= 0.3 is 19.0 Å². The van der Waals surface area contributed by atoms with Crippen molar-refractivity contribution in [3.8, 4) is 0 Å². The minimum absolute atomic E-state index is 0.137. The van der Waals surface area contributed by atoms with Crippen molar-refractivity contribution in [2.75, 3.05) is 6.61 Å². The summed E-state index contributed by atoms with van der Waals surface area (Å²) in [5.41, 5.74) is 0. The van der Waals surface area contributed by atoms with Crippen LogP contribution in [0, 0.1) is 5.92 Å². The highest BCUT2D eigenvalue weighted by atomic mass is 19.4. The minimum Gasteiger partial charge on any atom is -0.323 e. The van der Waals surface area contributed by atoms with Gasteiger partial charge in [-0.15, -0.1) is 0 Å². The third-order valence-electron chi connectivity index (χ3n) is 1.13. The van der Waals surface area contributed by atoms with Crippen molar-refractivity contribution in [1.29, 1.82) is 0 Å². The van der Waals surface area contributed by atoms with Crippen molar-refractivity contribution in [3.63, 3.8) is 0 Å². The smallest absolute Gasteiger partial charge is 0.323 e. The molecule has 0 aromatic carbocycles. The summed E-state index contributed by atoms with van der Waals surface area (Å²) in [6.07, 6.45) is -16.4. The Morgan fingerprint density at radius 2 is 1.17 bits per heavy atom. The van der Waals surface area contributed by atoms with Crippen LogP contribution in [-0.2, 0) is 4.74 Å². The zero-order valence-electron chi connectivity index (χ0n) is 9.25. The van der Waals surface area contributed by atoms with E-state index in [1.165, 1.54) is 0 Å². The Hall–Kier alpha value is -0.670. The van der Waals surface area contributed by atoms with Crippen molar-refractivity contribution >= 4 is 0 Å². The molecule has 112 valence electrons. The van der Waals surface area contributed by atoms with Crippen molar-refractivity contribution in [3.05, 3.63) is 0 Å². The van der Waals surface area contributed by atoms with E-state index in [0.717, 1.165) is 0 Å². The van der Waals surface area contributed by atoms with Gasteiger partial charge in [-0.3, -0.25) is 0 Å². The van der Waals surface area contributed by atoms with E-state index in [2.05, 4.69) is 4.74 Å². The molecule has 0 N–H and O–H groups in total. The van der Waals surface area contributed by atoms with Gasteiger partial charge in [0.25, 0.3) is 6.17 Å². The summed E-state index contributed by atoms with van der Waals surface area (Å²) in [5.74, 6) is 0.184. The molecule has 0 aromatic heterocycles. The molecule has 0 rings (SSSR count). The highest BCUT2D eigenvalue weighted by Crippen LogP contribution is 2.35. The monoisotopic (exact) mass is 294 g/mol. The summed E-state index contributed by atoms with van der Waals surface area (Å²) in [4.78, 5) is 0. The molecule has 0 heterocycles. The zero-order valence-corrected chi connectivity index (χ0v) is 9.25. The van der Waals surface area contributed by atoms with E-state index < -0.39 is 25.1 Å². The highest BCUT2D eigenvalue weighted by molar-refractivity contribution is 4.73. The maximum Gasteiger partial charge on any atom is 0.428 e. The summed E-state index contributed by atoms with van der Waals surface area (Å²) in [6.45, 7) is 1.17. The lowest BCUT2D eigenvalue weighted by Crippen LogP contribution is -2.38. The van der Waals surface area contributed by atoms with E-state index in [1.807, 2.05) is 13.8 Å². The number of alkyl halides is 9. The lowest BCUT2D eigenvalue weighted by molar-refractivity contribution is -0.285. The molecule has 0 saturated carbocycles. The molecule has 18 heavy (non-hydrogen) atoms. The van der Waals surface area contributed by atoms with Crippen molar-refractivity contribution in [1.82, 2.24) is 0 Å². The molecular weight excluding hydrogens is 283 g/mol. The Bertz CT molecular complexity index is 186. The first kappa shape index (κ1) is 19.7. The van der Waals surface area contributed by atoms with Crippen LogP contribution in [0.5, 0.6) is 0 Å². The van der Waals surface area contributed by atoms with Crippen molar-refractivity contribution in [2.24, 2.45) is 5.92 Å². The Balaban J connectivity index is 0. The van der Waals surface area contributed by atoms with E-state index in [-0.39, 0.29) is 12.5 Å². The number of hydrogen-bond acceptors (Lipinski definition) is 1. The fourth-order valence-electron chi connectivity index (χ4n) is 0.451. The molecule has 10 heteroatoms. The molecule has 0 bridgehead atoms. The maximum atomic E-state index is 11.2. The van der Waals surface area contributed by atoms with Crippen LogP contribution in [0.2, 0.25) is 0 Å². The number of hydrogen-bond donors (Lipinski definition) is 0. The predicted molar refractivity (Wildman–Crippen MR) is 43.8 cm³/mol. The molecule has 0 aliphatic heterocycles. The van der Waals surface area contributed by atoms with Gasteiger partial charge in [-0.25, -0.2) is 4.39 Å². The second kappa shape index (κ2) is 7.70. The first-order valence-corrected chi connectivity index (χ1v) is 4.45. The maximum absolute atomic E-state index is 11.2. The van der Waals surface area contributed by atoms with Crippen LogP contribution in [0.25, 0.3) is 0 Å². The summed E-state index contributed by atoms with van der Waals surface area (Å²) >= 11 is 0. The quantitative estimate of drug-likeness (QED) is 0.704. The van der Waals surface area contributed by atoms with E-state index in [4.69, 9.17) is 0 Å². The number of ether oxygens (including phenoxy) is 1. The van der Waals surface area contributed by atoms with Crippen LogP contribution in [-0.4, -0.2) is 31.7 Å². The largest absolute Gasteiger partial charge is 0.428 e.